The minimum Gasteiger partial charge on any atom is -0.172 e. The van der Waals surface area contributed by atoms with Crippen LogP contribution in [-0.2, 0) is 0 Å². The van der Waals surface area contributed by atoms with E-state index in [-0.39, 0.29) is 0 Å². The van der Waals surface area contributed by atoms with Crippen LogP contribution in [-0.4, -0.2) is 5.25 Å². The summed E-state index contributed by atoms with van der Waals surface area (Å²) in [5, 5.41) is 0.389. The summed E-state index contributed by atoms with van der Waals surface area (Å²) in [6, 6.07) is 0. The van der Waals surface area contributed by atoms with Crippen LogP contribution in [0.3, 0.4) is 0 Å². The van der Waals surface area contributed by atoms with Gasteiger partial charge in [-0.05, 0) is 34.1 Å². The third-order valence-corrected chi connectivity index (χ3v) is 2.03. The predicted octanol–water partition coefficient (Wildman–Crippen LogP) is 3.61. The van der Waals surface area contributed by atoms with Gasteiger partial charge in [0.25, 0.3) is 0 Å². The van der Waals surface area contributed by atoms with E-state index in [1.807, 2.05) is 0 Å². The zero-order chi connectivity index (χ0) is 8.85. The van der Waals surface area contributed by atoms with Crippen molar-refractivity contribution in [3.05, 3.63) is 23.3 Å². The van der Waals surface area contributed by atoms with Gasteiger partial charge in [-0.1, -0.05) is 23.3 Å². The molecule has 0 aromatic heterocycles. The molecule has 0 aromatic rings. The van der Waals surface area contributed by atoms with Gasteiger partial charge in [0.2, 0.25) is 0 Å². The fourth-order valence-corrected chi connectivity index (χ4v) is 0.756. The summed E-state index contributed by atoms with van der Waals surface area (Å²) in [7, 11) is 0. The van der Waals surface area contributed by atoms with Gasteiger partial charge in [0.1, 0.15) is 0 Å². The summed E-state index contributed by atoms with van der Waals surface area (Å²) >= 11 is 4.33. The maximum absolute atomic E-state index is 4.33. The van der Waals surface area contributed by atoms with Crippen LogP contribution < -0.4 is 0 Å². The van der Waals surface area contributed by atoms with Crippen molar-refractivity contribution < 1.29 is 0 Å². The molecule has 0 nitrogen and oxygen atoms in total. The van der Waals surface area contributed by atoms with Gasteiger partial charge in [0, 0.05) is 5.25 Å². The van der Waals surface area contributed by atoms with Crippen LogP contribution in [0.15, 0.2) is 23.3 Å². The second-order valence-corrected chi connectivity index (χ2v) is 3.92. The predicted molar refractivity (Wildman–Crippen MR) is 56.3 cm³/mol. The van der Waals surface area contributed by atoms with Crippen molar-refractivity contribution in [1.29, 1.82) is 0 Å². The molecule has 0 saturated heterocycles. The summed E-state index contributed by atoms with van der Waals surface area (Å²) in [6.45, 7) is 8.45. The minimum absolute atomic E-state index is 0.389. The Morgan fingerprint density at radius 1 is 1.27 bits per heavy atom. The summed E-state index contributed by atoms with van der Waals surface area (Å²) < 4.78 is 0. The Morgan fingerprint density at radius 2 is 1.82 bits per heavy atom. The molecule has 1 atom stereocenters. The van der Waals surface area contributed by atoms with Gasteiger partial charge in [-0.3, -0.25) is 0 Å². The van der Waals surface area contributed by atoms with E-state index >= 15 is 0 Å². The lowest BCUT2D eigenvalue weighted by Gasteiger charge is -2.02. The van der Waals surface area contributed by atoms with Gasteiger partial charge in [0.05, 0.1) is 0 Å². The molecule has 0 aromatic carbocycles. The van der Waals surface area contributed by atoms with Crippen LogP contribution in [0.2, 0.25) is 0 Å². The monoisotopic (exact) mass is 170 g/mol. The van der Waals surface area contributed by atoms with Crippen molar-refractivity contribution in [2.24, 2.45) is 0 Å². The molecule has 0 N–H and O–H groups in total. The van der Waals surface area contributed by atoms with E-state index in [1.54, 1.807) is 0 Å². The van der Waals surface area contributed by atoms with Crippen LogP contribution in [0.5, 0.6) is 0 Å². The summed E-state index contributed by atoms with van der Waals surface area (Å²) in [5.74, 6) is 0. The maximum Gasteiger partial charge on any atom is 0.0195 e. The first-order chi connectivity index (χ1) is 5.04. The smallest absolute Gasteiger partial charge is 0.0195 e. The van der Waals surface area contributed by atoms with Crippen molar-refractivity contribution in [3.63, 3.8) is 0 Å². The molecule has 0 bridgehead atoms. The van der Waals surface area contributed by atoms with E-state index < -0.39 is 0 Å². The summed E-state index contributed by atoms with van der Waals surface area (Å²) in [5.41, 5.74) is 2.73. The van der Waals surface area contributed by atoms with E-state index in [9.17, 15) is 0 Å². The van der Waals surface area contributed by atoms with Gasteiger partial charge in [-0.15, -0.1) is 0 Å². The lowest BCUT2D eigenvalue weighted by molar-refractivity contribution is 1.10. The van der Waals surface area contributed by atoms with Crippen molar-refractivity contribution in [2.45, 2.75) is 39.4 Å². The van der Waals surface area contributed by atoms with Crippen LogP contribution in [0.1, 0.15) is 34.1 Å². The maximum atomic E-state index is 4.33. The molecule has 1 heteroatoms. The molecule has 0 aliphatic heterocycles. The first kappa shape index (κ1) is 10.8. The highest BCUT2D eigenvalue weighted by molar-refractivity contribution is 7.81. The van der Waals surface area contributed by atoms with Crippen molar-refractivity contribution in [3.8, 4) is 0 Å². The fraction of sp³-hybridized carbons (Fsp3) is 0.600. The largest absolute Gasteiger partial charge is 0.172 e. The van der Waals surface area contributed by atoms with Crippen LogP contribution in [0, 0.1) is 0 Å². The number of rotatable bonds is 3. The lowest BCUT2D eigenvalue weighted by atomic mass is 10.1. The van der Waals surface area contributed by atoms with Gasteiger partial charge in [-0.2, -0.15) is 12.6 Å². The highest BCUT2D eigenvalue weighted by Crippen LogP contribution is 2.08. The standard InChI is InChI=1S/C10H18S/c1-8(2)6-5-7-9(3)10(4)11/h6-7,10-11H,5H2,1-4H3/b9-7+. The molecule has 0 saturated carbocycles. The molecule has 0 amide bonds. The normalized spacial score (nSPS) is 14.5. The van der Waals surface area contributed by atoms with E-state index in [0.717, 1.165) is 6.42 Å². The Balaban J connectivity index is 3.84. The average Bonchev–Trinajstić information content (AvgIpc) is 1.86. The SMILES string of the molecule is CC(C)=CC/C=C(\C)C(C)S. The van der Waals surface area contributed by atoms with Gasteiger partial charge in [-0.25, -0.2) is 0 Å². The third-order valence-electron chi connectivity index (χ3n) is 1.62. The van der Waals surface area contributed by atoms with E-state index in [4.69, 9.17) is 0 Å². The Bertz CT molecular complexity index is 160. The first-order valence-corrected chi connectivity index (χ1v) is 4.53. The van der Waals surface area contributed by atoms with Crippen LogP contribution in [0.25, 0.3) is 0 Å². The molecule has 0 heterocycles. The fourth-order valence-electron chi connectivity index (χ4n) is 0.651. The molecule has 0 rings (SSSR count). The van der Waals surface area contributed by atoms with Gasteiger partial charge < -0.3 is 0 Å². The Hall–Kier alpha value is -0.170. The second kappa shape index (κ2) is 5.48. The van der Waals surface area contributed by atoms with Crippen molar-refractivity contribution in [2.75, 3.05) is 0 Å². The average molecular weight is 170 g/mol. The molecule has 1 unspecified atom stereocenters. The quantitative estimate of drug-likeness (QED) is 0.485. The Labute approximate surface area is 75.8 Å². The van der Waals surface area contributed by atoms with E-state index in [1.165, 1.54) is 11.1 Å². The zero-order valence-corrected chi connectivity index (χ0v) is 8.78. The number of hydrogen-bond acceptors (Lipinski definition) is 1. The second-order valence-electron chi connectivity index (χ2n) is 3.14. The summed E-state index contributed by atoms with van der Waals surface area (Å²) in [6.07, 6.45) is 5.49. The van der Waals surface area contributed by atoms with Crippen LogP contribution in [0.4, 0.5) is 0 Å². The zero-order valence-electron chi connectivity index (χ0n) is 7.89. The molecular formula is C10H18S. The van der Waals surface area contributed by atoms with Crippen molar-refractivity contribution >= 4 is 12.6 Å². The van der Waals surface area contributed by atoms with Crippen LogP contribution >= 0.6 is 12.6 Å². The van der Waals surface area contributed by atoms with Gasteiger partial charge in [0.15, 0.2) is 0 Å². The Kier molecular flexibility index (Phi) is 5.39. The minimum atomic E-state index is 0.389. The molecule has 0 aliphatic carbocycles. The number of thiol groups is 1. The molecule has 0 fully saturated rings. The topological polar surface area (TPSA) is 0 Å². The third kappa shape index (κ3) is 6.24. The highest BCUT2D eigenvalue weighted by Gasteiger charge is 1.93. The molecule has 0 aliphatic rings. The first-order valence-electron chi connectivity index (χ1n) is 4.02. The molecule has 64 valence electrons. The summed E-state index contributed by atoms with van der Waals surface area (Å²) in [4.78, 5) is 0. The van der Waals surface area contributed by atoms with E-state index in [0.29, 0.717) is 5.25 Å². The van der Waals surface area contributed by atoms with Gasteiger partial charge >= 0.3 is 0 Å². The molecule has 0 radical (unpaired) electrons. The highest BCUT2D eigenvalue weighted by atomic mass is 32.1. The number of hydrogen-bond donors (Lipinski definition) is 1. The van der Waals surface area contributed by atoms with E-state index in [2.05, 4.69) is 52.5 Å². The molecular weight excluding hydrogens is 152 g/mol. The van der Waals surface area contributed by atoms with Crippen molar-refractivity contribution in [1.82, 2.24) is 0 Å². The molecule has 0 spiro atoms. The molecule has 11 heavy (non-hydrogen) atoms. The Morgan fingerprint density at radius 3 is 2.18 bits per heavy atom. The lowest BCUT2D eigenvalue weighted by Crippen LogP contribution is -1.91. The number of allylic oxidation sites excluding steroid dienone is 3.